The highest BCUT2D eigenvalue weighted by Gasteiger charge is 2.09. The summed E-state index contributed by atoms with van der Waals surface area (Å²) in [7, 11) is 0. The van der Waals surface area contributed by atoms with Crippen LogP contribution >= 0.6 is 15.9 Å². The number of benzene rings is 1. The second-order valence-corrected chi connectivity index (χ2v) is 6.50. The molecule has 2 aromatic rings. The average molecular weight is 362 g/mol. The Morgan fingerprint density at radius 2 is 2.05 bits per heavy atom. The first kappa shape index (κ1) is 16.5. The molecule has 2 N–H and O–H groups in total. The molecule has 0 saturated carbocycles. The third-order valence-corrected chi connectivity index (χ3v) is 3.72. The van der Waals surface area contributed by atoms with Crippen LogP contribution in [0, 0.1) is 12.8 Å². The quantitative estimate of drug-likeness (QED) is 0.835. The molecule has 116 valence electrons. The van der Waals surface area contributed by atoms with E-state index in [2.05, 4.69) is 45.4 Å². The third-order valence-electron chi connectivity index (χ3n) is 3.07. The predicted molar refractivity (Wildman–Crippen MR) is 93.6 cm³/mol. The zero-order valence-corrected chi connectivity index (χ0v) is 14.6. The average Bonchev–Trinajstić information content (AvgIpc) is 2.48. The van der Waals surface area contributed by atoms with Crippen LogP contribution in [0.1, 0.15) is 29.9 Å². The van der Waals surface area contributed by atoms with Gasteiger partial charge in [0.1, 0.15) is 5.69 Å². The van der Waals surface area contributed by atoms with Crippen LogP contribution in [0.2, 0.25) is 0 Å². The van der Waals surface area contributed by atoms with Crippen LogP contribution in [0.5, 0.6) is 0 Å². The van der Waals surface area contributed by atoms with Crippen molar-refractivity contribution in [1.82, 2.24) is 10.3 Å². The van der Waals surface area contributed by atoms with Gasteiger partial charge in [0.15, 0.2) is 0 Å². The Morgan fingerprint density at radius 3 is 2.73 bits per heavy atom. The summed E-state index contributed by atoms with van der Waals surface area (Å²) in [5, 5.41) is 6.16. The summed E-state index contributed by atoms with van der Waals surface area (Å²) in [5.41, 5.74) is 3.37. The summed E-state index contributed by atoms with van der Waals surface area (Å²) in [6.45, 7) is 6.79. The number of hydrogen-bond acceptors (Lipinski definition) is 3. The minimum Gasteiger partial charge on any atom is -0.354 e. The van der Waals surface area contributed by atoms with Crippen LogP contribution in [0.25, 0.3) is 0 Å². The van der Waals surface area contributed by atoms with Crippen molar-refractivity contribution in [2.75, 3.05) is 11.9 Å². The van der Waals surface area contributed by atoms with Gasteiger partial charge in [-0.1, -0.05) is 19.9 Å². The number of hydrogen-bond donors (Lipinski definition) is 2. The van der Waals surface area contributed by atoms with Crippen LogP contribution in [0.15, 0.2) is 41.0 Å². The Bertz CT molecular complexity index is 671. The lowest BCUT2D eigenvalue weighted by molar-refractivity contribution is 0.0944. The van der Waals surface area contributed by atoms with E-state index in [0.717, 1.165) is 15.8 Å². The van der Waals surface area contributed by atoms with Crippen molar-refractivity contribution in [3.63, 3.8) is 0 Å². The van der Waals surface area contributed by atoms with Gasteiger partial charge >= 0.3 is 0 Å². The van der Waals surface area contributed by atoms with Gasteiger partial charge in [0.2, 0.25) is 0 Å². The molecule has 0 aliphatic heterocycles. The number of pyridine rings is 1. The van der Waals surface area contributed by atoms with Crippen molar-refractivity contribution in [3.8, 4) is 0 Å². The highest BCUT2D eigenvalue weighted by Crippen LogP contribution is 2.26. The fourth-order valence-electron chi connectivity index (χ4n) is 1.90. The van der Waals surface area contributed by atoms with Crippen LogP contribution in [0.3, 0.4) is 0 Å². The van der Waals surface area contributed by atoms with Gasteiger partial charge in [0.05, 0.1) is 5.69 Å². The van der Waals surface area contributed by atoms with E-state index in [0.29, 0.717) is 18.2 Å². The fraction of sp³-hybridized carbons (Fsp3) is 0.294. The van der Waals surface area contributed by atoms with Gasteiger partial charge in [-0.15, -0.1) is 0 Å². The van der Waals surface area contributed by atoms with E-state index in [1.54, 1.807) is 12.3 Å². The van der Waals surface area contributed by atoms with Crippen LogP contribution < -0.4 is 10.6 Å². The standard InChI is InChI=1S/C17H20BrN3O/c1-11(2)10-20-17(22)16-9-13(6-7-19-16)21-15-5-4-12(3)8-14(15)18/h4-9,11H,10H2,1-3H3,(H,19,21)(H,20,22). The molecule has 2 rings (SSSR count). The minimum absolute atomic E-state index is 0.152. The van der Waals surface area contributed by atoms with Crippen molar-refractivity contribution < 1.29 is 4.79 Å². The van der Waals surface area contributed by atoms with Crippen molar-refractivity contribution in [2.24, 2.45) is 5.92 Å². The van der Waals surface area contributed by atoms with E-state index in [-0.39, 0.29) is 5.91 Å². The summed E-state index contributed by atoms with van der Waals surface area (Å²) in [4.78, 5) is 16.2. The molecule has 0 spiro atoms. The van der Waals surface area contributed by atoms with E-state index in [4.69, 9.17) is 0 Å². The molecule has 0 bridgehead atoms. The number of rotatable bonds is 5. The summed E-state index contributed by atoms with van der Waals surface area (Å²) in [6, 6.07) is 9.66. The second kappa shape index (κ2) is 7.40. The molecule has 1 aromatic carbocycles. The molecule has 0 aliphatic carbocycles. The van der Waals surface area contributed by atoms with Crippen LogP contribution in [-0.4, -0.2) is 17.4 Å². The molecule has 0 saturated heterocycles. The number of carbonyl (C=O) groups is 1. The first-order valence-corrected chi connectivity index (χ1v) is 8.02. The molecule has 1 aromatic heterocycles. The Balaban J connectivity index is 2.12. The maximum atomic E-state index is 12.1. The van der Waals surface area contributed by atoms with E-state index >= 15 is 0 Å². The Hall–Kier alpha value is -1.88. The number of anilines is 2. The molecule has 1 amide bonds. The molecule has 4 nitrogen and oxygen atoms in total. The molecule has 0 unspecified atom stereocenters. The lowest BCUT2D eigenvalue weighted by Crippen LogP contribution is -2.28. The Labute approximate surface area is 139 Å². The molecule has 0 aliphatic rings. The topological polar surface area (TPSA) is 54.0 Å². The molecule has 0 atom stereocenters. The Kier molecular flexibility index (Phi) is 5.55. The van der Waals surface area contributed by atoms with Crippen molar-refractivity contribution >= 4 is 33.2 Å². The molecular weight excluding hydrogens is 342 g/mol. The predicted octanol–water partition coefficient (Wildman–Crippen LogP) is 4.28. The molecule has 5 heteroatoms. The van der Waals surface area contributed by atoms with Gasteiger partial charge in [0, 0.05) is 22.9 Å². The summed E-state index contributed by atoms with van der Waals surface area (Å²) in [5.74, 6) is 0.258. The summed E-state index contributed by atoms with van der Waals surface area (Å²) < 4.78 is 0.982. The number of aromatic nitrogens is 1. The van der Waals surface area contributed by atoms with E-state index < -0.39 is 0 Å². The lowest BCUT2D eigenvalue weighted by atomic mass is 10.2. The first-order chi connectivity index (χ1) is 10.5. The Morgan fingerprint density at radius 1 is 1.27 bits per heavy atom. The second-order valence-electron chi connectivity index (χ2n) is 5.64. The highest BCUT2D eigenvalue weighted by atomic mass is 79.9. The number of halogens is 1. The maximum absolute atomic E-state index is 12.1. The zero-order valence-electron chi connectivity index (χ0n) is 13.0. The minimum atomic E-state index is -0.152. The summed E-state index contributed by atoms with van der Waals surface area (Å²) in [6.07, 6.45) is 1.63. The maximum Gasteiger partial charge on any atom is 0.269 e. The van der Waals surface area contributed by atoms with Gasteiger partial charge in [-0.05, 0) is 58.6 Å². The van der Waals surface area contributed by atoms with Crippen LogP contribution in [-0.2, 0) is 0 Å². The van der Waals surface area contributed by atoms with E-state index in [9.17, 15) is 4.79 Å². The summed E-state index contributed by atoms with van der Waals surface area (Å²) >= 11 is 3.54. The largest absolute Gasteiger partial charge is 0.354 e. The highest BCUT2D eigenvalue weighted by molar-refractivity contribution is 9.10. The van der Waals surface area contributed by atoms with Crippen molar-refractivity contribution in [2.45, 2.75) is 20.8 Å². The van der Waals surface area contributed by atoms with E-state index in [1.165, 1.54) is 5.56 Å². The van der Waals surface area contributed by atoms with Crippen molar-refractivity contribution in [1.29, 1.82) is 0 Å². The van der Waals surface area contributed by atoms with Crippen LogP contribution in [0.4, 0.5) is 11.4 Å². The number of amides is 1. The number of carbonyl (C=O) groups excluding carboxylic acids is 1. The van der Waals surface area contributed by atoms with Gasteiger partial charge in [-0.3, -0.25) is 9.78 Å². The van der Waals surface area contributed by atoms with Gasteiger partial charge < -0.3 is 10.6 Å². The monoisotopic (exact) mass is 361 g/mol. The zero-order chi connectivity index (χ0) is 16.1. The van der Waals surface area contributed by atoms with Gasteiger partial charge in [-0.2, -0.15) is 0 Å². The van der Waals surface area contributed by atoms with E-state index in [1.807, 2.05) is 31.2 Å². The molecule has 22 heavy (non-hydrogen) atoms. The first-order valence-electron chi connectivity index (χ1n) is 7.23. The van der Waals surface area contributed by atoms with Gasteiger partial charge in [-0.25, -0.2) is 0 Å². The van der Waals surface area contributed by atoms with Crippen molar-refractivity contribution in [3.05, 3.63) is 52.3 Å². The third kappa shape index (κ3) is 4.56. The number of aryl methyl sites for hydroxylation is 1. The SMILES string of the molecule is Cc1ccc(Nc2ccnc(C(=O)NCC(C)C)c2)c(Br)c1. The molecule has 0 radical (unpaired) electrons. The number of nitrogens with one attached hydrogen (secondary N) is 2. The molecule has 0 fully saturated rings. The van der Waals surface area contributed by atoms with Gasteiger partial charge in [0.25, 0.3) is 5.91 Å². The smallest absolute Gasteiger partial charge is 0.269 e. The fourth-order valence-corrected chi connectivity index (χ4v) is 2.49. The lowest BCUT2D eigenvalue weighted by Gasteiger charge is -2.11. The molecule has 1 heterocycles. The molecular formula is C17H20BrN3O. The number of nitrogens with zero attached hydrogens (tertiary/aromatic N) is 1. The normalized spacial score (nSPS) is 10.6.